The van der Waals surface area contributed by atoms with E-state index in [0.29, 0.717) is 45.7 Å². The Hall–Kier alpha value is -3.75. The smallest absolute Gasteiger partial charge is 0.268 e. The van der Waals surface area contributed by atoms with Crippen LogP contribution in [-0.2, 0) is 24.2 Å². The third-order valence-electron chi connectivity index (χ3n) is 7.18. The van der Waals surface area contributed by atoms with Crippen LogP contribution in [0, 0.1) is 20.8 Å². The van der Waals surface area contributed by atoms with Crippen LogP contribution in [0.4, 0.5) is 0 Å². The van der Waals surface area contributed by atoms with Gasteiger partial charge in [0.1, 0.15) is 5.69 Å². The Bertz CT molecular complexity index is 1780. The Morgan fingerprint density at radius 2 is 1.87 bits per heavy atom. The lowest BCUT2D eigenvalue weighted by Crippen LogP contribution is -2.37. The first kappa shape index (κ1) is 24.6. The van der Waals surface area contributed by atoms with Gasteiger partial charge in [0, 0.05) is 34.9 Å². The van der Waals surface area contributed by atoms with Crippen molar-refractivity contribution >= 4 is 33.8 Å². The van der Waals surface area contributed by atoms with E-state index in [2.05, 4.69) is 12.1 Å². The molecule has 0 saturated carbocycles. The van der Waals surface area contributed by atoms with Crippen LogP contribution in [0.15, 0.2) is 58.7 Å². The number of fused-ring (bicyclic) bond motifs is 2. The second-order valence-corrected chi connectivity index (χ2v) is 11.0. The highest BCUT2D eigenvalue weighted by Crippen LogP contribution is 2.26. The Labute approximate surface area is 228 Å². The molecule has 6 rings (SSSR count). The lowest BCUT2D eigenvalue weighted by atomic mass is 9.99. The van der Waals surface area contributed by atoms with E-state index < -0.39 is 0 Å². The van der Waals surface area contributed by atoms with Crippen LogP contribution in [0.1, 0.15) is 33.8 Å². The Morgan fingerprint density at radius 1 is 1.08 bits per heavy atom. The van der Waals surface area contributed by atoms with Crippen LogP contribution in [-0.4, -0.2) is 36.5 Å². The molecule has 5 aromatic rings. The first-order valence-electron chi connectivity index (χ1n) is 12.5. The molecular formula is C29H26ClN5O2S. The van der Waals surface area contributed by atoms with Crippen molar-refractivity contribution in [3.63, 3.8) is 0 Å². The highest BCUT2D eigenvalue weighted by Gasteiger charge is 2.24. The first-order valence-corrected chi connectivity index (χ1v) is 13.7. The largest absolute Gasteiger partial charge is 0.338 e. The standard InChI is InChI=1S/C29H26ClN5O2S/c1-17-8-9-22(30)13-25(17)35-18(2)12-24(32-35)27-19(3)31-29-34(28(27)37)23(16-38-29)14-26(36)33-11-10-20-6-4-5-7-21(20)15-33/h4-9,12-13,16H,10-11,14-15H2,1-3H3. The monoisotopic (exact) mass is 543 g/mol. The van der Waals surface area contributed by atoms with Crippen molar-refractivity contribution < 1.29 is 4.79 Å². The van der Waals surface area contributed by atoms with E-state index in [1.807, 2.05) is 67.4 Å². The highest BCUT2D eigenvalue weighted by atomic mass is 35.5. The van der Waals surface area contributed by atoms with Gasteiger partial charge in [0.15, 0.2) is 4.96 Å². The summed E-state index contributed by atoms with van der Waals surface area (Å²) in [4.78, 5) is 34.3. The fraction of sp³-hybridized carbons (Fsp3) is 0.241. The fourth-order valence-corrected chi connectivity index (χ4v) is 6.24. The molecule has 4 heterocycles. The van der Waals surface area contributed by atoms with Gasteiger partial charge < -0.3 is 4.90 Å². The number of carbonyl (C=O) groups is 1. The molecule has 38 heavy (non-hydrogen) atoms. The third-order valence-corrected chi connectivity index (χ3v) is 8.29. The molecule has 7 nitrogen and oxygen atoms in total. The van der Waals surface area contributed by atoms with Crippen molar-refractivity contribution in [3.05, 3.63) is 103 Å². The molecule has 0 bridgehead atoms. The van der Waals surface area contributed by atoms with Gasteiger partial charge in [-0.3, -0.25) is 14.0 Å². The quantitative estimate of drug-likeness (QED) is 0.308. The number of nitrogens with zero attached hydrogens (tertiary/aromatic N) is 5. The molecule has 1 aliphatic rings. The normalized spacial score (nSPS) is 13.2. The molecule has 0 atom stereocenters. The molecule has 1 amide bonds. The van der Waals surface area contributed by atoms with Crippen LogP contribution in [0.5, 0.6) is 0 Å². The molecule has 0 spiro atoms. The zero-order valence-corrected chi connectivity index (χ0v) is 22.9. The van der Waals surface area contributed by atoms with Gasteiger partial charge in [0.25, 0.3) is 5.56 Å². The van der Waals surface area contributed by atoms with E-state index in [4.69, 9.17) is 21.7 Å². The van der Waals surface area contributed by atoms with Gasteiger partial charge in [-0.15, -0.1) is 11.3 Å². The number of benzene rings is 2. The summed E-state index contributed by atoms with van der Waals surface area (Å²) in [6, 6.07) is 15.8. The molecule has 0 saturated heterocycles. The number of halogens is 1. The molecular weight excluding hydrogens is 518 g/mol. The van der Waals surface area contributed by atoms with Crippen LogP contribution < -0.4 is 5.56 Å². The van der Waals surface area contributed by atoms with Gasteiger partial charge in [0.05, 0.1) is 23.4 Å². The molecule has 2 aromatic carbocycles. The Balaban J connectivity index is 1.36. The summed E-state index contributed by atoms with van der Waals surface area (Å²) in [5, 5.41) is 7.26. The SMILES string of the molecule is Cc1ccc(Cl)cc1-n1nc(-c2c(C)nc3scc(CC(=O)N4CCc5ccccc5C4)n3c2=O)cc1C. The molecule has 0 N–H and O–H groups in total. The Kier molecular flexibility index (Phi) is 6.16. The predicted octanol–water partition coefficient (Wildman–Crippen LogP) is 5.31. The summed E-state index contributed by atoms with van der Waals surface area (Å²) in [5.74, 6) is 0.00443. The van der Waals surface area contributed by atoms with Crippen LogP contribution in [0.2, 0.25) is 5.02 Å². The third kappa shape index (κ3) is 4.23. The maximum absolute atomic E-state index is 13.9. The van der Waals surface area contributed by atoms with E-state index in [1.54, 1.807) is 9.08 Å². The van der Waals surface area contributed by atoms with Crippen LogP contribution in [0.3, 0.4) is 0 Å². The number of hydrogen-bond donors (Lipinski definition) is 0. The highest BCUT2D eigenvalue weighted by molar-refractivity contribution is 7.15. The van der Waals surface area contributed by atoms with E-state index in [0.717, 1.165) is 23.4 Å². The summed E-state index contributed by atoms with van der Waals surface area (Å²) >= 11 is 7.62. The lowest BCUT2D eigenvalue weighted by Gasteiger charge is -2.28. The van der Waals surface area contributed by atoms with Crippen molar-refractivity contribution in [3.8, 4) is 16.9 Å². The number of aryl methyl sites for hydroxylation is 3. The molecule has 0 unspecified atom stereocenters. The lowest BCUT2D eigenvalue weighted by molar-refractivity contribution is -0.131. The summed E-state index contributed by atoms with van der Waals surface area (Å²) in [6.45, 7) is 7.03. The number of amides is 1. The average molecular weight is 544 g/mol. The summed E-state index contributed by atoms with van der Waals surface area (Å²) in [7, 11) is 0. The van der Waals surface area contributed by atoms with Crippen molar-refractivity contribution in [2.24, 2.45) is 0 Å². The first-order chi connectivity index (χ1) is 18.3. The maximum atomic E-state index is 13.9. The number of hydrogen-bond acceptors (Lipinski definition) is 5. The topological polar surface area (TPSA) is 72.5 Å². The minimum atomic E-state index is -0.215. The number of carbonyl (C=O) groups excluding carboxylic acids is 1. The number of aromatic nitrogens is 4. The summed E-state index contributed by atoms with van der Waals surface area (Å²) < 4.78 is 3.37. The zero-order chi connectivity index (χ0) is 26.6. The van der Waals surface area contributed by atoms with Crippen molar-refractivity contribution in [2.45, 2.75) is 40.2 Å². The second kappa shape index (κ2) is 9.53. The van der Waals surface area contributed by atoms with Gasteiger partial charge in [-0.25, -0.2) is 9.67 Å². The van der Waals surface area contributed by atoms with Gasteiger partial charge >= 0.3 is 0 Å². The van der Waals surface area contributed by atoms with Crippen LogP contribution in [0.25, 0.3) is 21.9 Å². The van der Waals surface area contributed by atoms with Gasteiger partial charge in [-0.1, -0.05) is 41.9 Å². The van der Waals surface area contributed by atoms with E-state index >= 15 is 0 Å². The number of thiazole rings is 1. The molecule has 0 radical (unpaired) electrons. The zero-order valence-electron chi connectivity index (χ0n) is 21.4. The summed E-state index contributed by atoms with van der Waals surface area (Å²) in [6.07, 6.45) is 0.979. The predicted molar refractivity (Wildman–Crippen MR) is 150 cm³/mol. The molecule has 9 heteroatoms. The van der Waals surface area contributed by atoms with E-state index in [9.17, 15) is 9.59 Å². The van der Waals surface area contributed by atoms with Gasteiger partial charge in [0.2, 0.25) is 5.91 Å². The van der Waals surface area contributed by atoms with E-state index in [1.165, 1.54) is 22.5 Å². The fourth-order valence-electron chi connectivity index (χ4n) is 5.15. The molecule has 1 aliphatic heterocycles. The number of rotatable bonds is 4. The maximum Gasteiger partial charge on any atom is 0.268 e. The van der Waals surface area contributed by atoms with Crippen molar-refractivity contribution in [1.29, 1.82) is 0 Å². The minimum absolute atomic E-state index is 0.00443. The van der Waals surface area contributed by atoms with Crippen molar-refractivity contribution in [2.75, 3.05) is 6.54 Å². The average Bonchev–Trinajstić information content (AvgIpc) is 3.48. The van der Waals surface area contributed by atoms with E-state index in [-0.39, 0.29) is 17.9 Å². The molecule has 3 aromatic heterocycles. The van der Waals surface area contributed by atoms with Gasteiger partial charge in [-0.05, 0) is 62.1 Å². The molecule has 0 fully saturated rings. The van der Waals surface area contributed by atoms with Crippen LogP contribution >= 0.6 is 22.9 Å². The Morgan fingerprint density at radius 3 is 2.68 bits per heavy atom. The van der Waals surface area contributed by atoms with Gasteiger partial charge in [-0.2, -0.15) is 5.10 Å². The molecule has 192 valence electrons. The second-order valence-electron chi connectivity index (χ2n) is 9.75. The molecule has 0 aliphatic carbocycles. The summed E-state index contributed by atoms with van der Waals surface area (Å²) in [5.41, 5.74) is 7.25. The van der Waals surface area contributed by atoms with Crippen molar-refractivity contribution in [1.82, 2.24) is 24.1 Å². The minimum Gasteiger partial charge on any atom is -0.338 e.